The van der Waals surface area contributed by atoms with Crippen LogP contribution in [0.5, 0.6) is 0 Å². The van der Waals surface area contributed by atoms with Gasteiger partial charge in [-0.15, -0.1) is 11.3 Å². The Kier molecular flexibility index (Phi) is 4.88. The molecule has 0 bridgehead atoms. The quantitative estimate of drug-likeness (QED) is 0.659. The highest BCUT2D eigenvalue weighted by molar-refractivity contribution is 7.90. The lowest BCUT2D eigenvalue weighted by molar-refractivity contribution is -0.119. The molecule has 4 rings (SSSR count). The Labute approximate surface area is 165 Å². The molecule has 0 atom stereocenters. The number of nitrogens with zero attached hydrogens (tertiary/aromatic N) is 3. The molecule has 10 heteroatoms. The van der Waals surface area contributed by atoms with Gasteiger partial charge in [0.15, 0.2) is 0 Å². The Hall–Kier alpha value is -3.11. The van der Waals surface area contributed by atoms with Gasteiger partial charge < -0.3 is 5.32 Å². The monoisotopic (exact) mass is 413 g/mol. The Bertz CT molecular complexity index is 1160. The van der Waals surface area contributed by atoms with Crippen LogP contribution in [0.3, 0.4) is 0 Å². The number of aromatic nitrogens is 2. The molecule has 1 aliphatic rings. The molecule has 1 aromatic carbocycles. The largest absolute Gasteiger partial charge is 0.348 e. The lowest BCUT2D eigenvalue weighted by Gasteiger charge is -2.02. The van der Waals surface area contributed by atoms with Crippen LogP contribution in [-0.2, 0) is 21.4 Å². The van der Waals surface area contributed by atoms with Gasteiger partial charge in [-0.3, -0.25) is 19.5 Å². The maximum absolute atomic E-state index is 12.1. The fourth-order valence-electron chi connectivity index (χ4n) is 2.68. The second-order valence-electron chi connectivity index (χ2n) is 5.91. The Morgan fingerprint density at radius 2 is 1.96 bits per heavy atom. The third kappa shape index (κ3) is 3.78. The first-order valence-corrected chi connectivity index (χ1v) is 10.7. The fourth-order valence-corrected chi connectivity index (χ4v) is 4.67. The molecule has 1 amide bonds. The number of fused-ring (bicyclic) bond motifs is 1. The molecule has 0 aliphatic carbocycles. The topological polar surface area (TPSA) is 113 Å². The van der Waals surface area contributed by atoms with E-state index in [0.717, 1.165) is 16.3 Å². The Morgan fingerprint density at radius 3 is 2.79 bits per heavy atom. The summed E-state index contributed by atoms with van der Waals surface area (Å²) in [6, 6.07) is 10.3. The number of carbonyl (C=O) groups excluding carboxylic acids is 1. The van der Waals surface area contributed by atoms with Crippen LogP contribution >= 0.6 is 11.3 Å². The first kappa shape index (κ1) is 18.3. The molecule has 3 aromatic rings. The first-order chi connectivity index (χ1) is 13.5. The SMILES string of the molecule is O=C(CN=C1NS(=O)(=O)c2ccccc21)NCc1nc(-c2ccncc2)cs1. The third-order valence-corrected chi connectivity index (χ3v) is 6.25. The zero-order valence-electron chi connectivity index (χ0n) is 14.5. The van der Waals surface area contributed by atoms with E-state index in [4.69, 9.17) is 0 Å². The van der Waals surface area contributed by atoms with E-state index >= 15 is 0 Å². The van der Waals surface area contributed by atoms with Crippen molar-refractivity contribution in [3.8, 4) is 11.3 Å². The van der Waals surface area contributed by atoms with Crippen LogP contribution in [-0.4, -0.2) is 36.7 Å². The van der Waals surface area contributed by atoms with E-state index in [2.05, 4.69) is 25.0 Å². The van der Waals surface area contributed by atoms with Crippen LogP contribution < -0.4 is 10.0 Å². The molecule has 3 heterocycles. The van der Waals surface area contributed by atoms with Gasteiger partial charge in [0.2, 0.25) is 5.91 Å². The van der Waals surface area contributed by atoms with Gasteiger partial charge in [-0.25, -0.2) is 13.4 Å². The van der Waals surface area contributed by atoms with Crippen molar-refractivity contribution in [3.63, 3.8) is 0 Å². The summed E-state index contributed by atoms with van der Waals surface area (Å²) in [5.74, 6) is -0.142. The fraction of sp³-hybridized carbons (Fsp3) is 0.111. The van der Waals surface area contributed by atoms with Crippen molar-refractivity contribution in [3.05, 3.63) is 64.7 Å². The lowest BCUT2D eigenvalue weighted by Crippen LogP contribution is -2.28. The number of hydrogen-bond acceptors (Lipinski definition) is 7. The van der Waals surface area contributed by atoms with Crippen LogP contribution in [0.25, 0.3) is 11.3 Å². The molecule has 142 valence electrons. The molecular weight excluding hydrogens is 398 g/mol. The van der Waals surface area contributed by atoms with Crippen molar-refractivity contribution in [2.45, 2.75) is 11.4 Å². The van der Waals surface area contributed by atoms with Crippen molar-refractivity contribution >= 4 is 33.1 Å². The predicted molar refractivity (Wildman–Crippen MR) is 105 cm³/mol. The average Bonchev–Trinajstić information content (AvgIpc) is 3.28. The molecule has 0 saturated carbocycles. The molecule has 28 heavy (non-hydrogen) atoms. The predicted octanol–water partition coefficient (Wildman–Crippen LogP) is 1.56. The number of aliphatic imine (C=N–C) groups is 1. The summed E-state index contributed by atoms with van der Waals surface area (Å²) in [7, 11) is -3.61. The number of benzene rings is 1. The standard InChI is InChI=1S/C18H15N5O3S2/c24-16(9-21-18-13-3-1-2-4-15(13)28(25,26)23-18)20-10-17-22-14(11-27-17)12-5-7-19-8-6-12/h1-8,11H,9-10H2,(H,20,24)(H,21,23). The molecule has 1 aliphatic heterocycles. The number of sulfonamides is 1. The normalized spacial score (nSPS) is 15.8. The zero-order valence-corrected chi connectivity index (χ0v) is 16.1. The summed E-state index contributed by atoms with van der Waals surface area (Å²) in [5.41, 5.74) is 2.26. The van der Waals surface area contributed by atoms with Crippen molar-refractivity contribution in [1.82, 2.24) is 20.0 Å². The number of thiazole rings is 1. The minimum atomic E-state index is -3.61. The van der Waals surface area contributed by atoms with Gasteiger partial charge >= 0.3 is 0 Å². The van der Waals surface area contributed by atoms with Crippen LogP contribution in [0.4, 0.5) is 0 Å². The van der Waals surface area contributed by atoms with Gasteiger partial charge in [0.25, 0.3) is 10.0 Å². The average molecular weight is 413 g/mol. The number of amidine groups is 1. The van der Waals surface area contributed by atoms with Gasteiger partial charge in [0.05, 0.1) is 17.1 Å². The number of pyridine rings is 1. The van der Waals surface area contributed by atoms with E-state index in [1.165, 1.54) is 17.4 Å². The number of carbonyl (C=O) groups is 1. The lowest BCUT2D eigenvalue weighted by atomic mass is 10.2. The zero-order chi connectivity index (χ0) is 19.6. The highest BCUT2D eigenvalue weighted by Crippen LogP contribution is 2.22. The highest BCUT2D eigenvalue weighted by Gasteiger charge is 2.30. The van der Waals surface area contributed by atoms with Crippen molar-refractivity contribution in [1.29, 1.82) is 0 Å². The third-order valence-electron chi connectivity index (χ3n) is 4.01. The van der Waals surface area contributed by atoms with E-state index in [9.17, 15) is 13.2 Å². The summed E-state index contributed by atoms with van der Waals surface area (Å²) in [5, 5.41) is 5.43. The van der Waals surface area contributed by atoms with E-state index in [0.29, 0.717) is 5.56 Å². The van der Waals surface area contributed by atoms with Crippen molar-refractivity contribution in [2.75, 3.05) is 6.54 Å². The molecular formula is C18H15N5O3S2. The van der Waals surface area contributed by atoms with Crippen LogP contribution in [0.2, 0.25) is 0 Å². The second-order valence-corrected chi connectivity index (χ2v) is 8.50. The van der Waals surface area contributed by atoms with E-state index in [1.54, 1.807) is 30.6 Å². The van der Waals surface area contributed by atoms with E-state index < -0.39 is 10.0 Å². The van der Waals surface area contributed by atoms with E-state index in [1.807, 2.05) is 17.5 Å². The van der Waals surface area contributed by atoms with Crippen LogP contribution in [0, 0.1) is 0 Å². The van der Waals surface area contributed by atoms with Gasteiger partial charge in [0, 0.05) is 28.9 Å². The number of hydrogen-bond donors (Lipinski definition) is 2. The van der Waals surface area contributed by atoms with Gasteiger partial charge in [0.1, 0.15) is 17.4 Å². The van der Waals surface area contributed by atoms with Crippen molar-refractivity contribution < 1.29 is 13.2 Å². The van der Waals surface area contributed by atoms with Crippen molar-refractivity contribution in [2.24, 2.45) is 4.99 Å². The molecule has 0 unspecified atom stereocenters. The maximum Gasteiger partial charge on any atom is 0.263 e. The van der Waals surface area contributed by atoms with E-state index in [-0.39, 0.29) is 29.7 Å². The minimum Gasteiger partial charge on any atom is -0.348 e. The smallest absolute Gasteiger partial charge is 0.263 e. The van der Waals surface area contributed by atoms with Crippen LogP contribution in [0.15, 0.2) is 64.1 Å². The second kappa shape index (κ2) is 7.49. The van der Waals surface area contributed by atoms with Gasteiger partial charge in [-0.2, -0.15) is 0 Å². The Morgan fingerprint density at radius 1 is 1.18 bits per heavy atom. The maximum atomic E-state index is 12.1. The minimum absolute atomic E-state index is 0.167. The molecule has 0 saturated heterocycles. The number of nitrogens with one attached hydrogen (secondary N) is 2. The number of rotatable bonds is 5. The Balaban J connectivity index is 1.37. The highest BCUT2D eigenvalue weighted by atomic mass is 32.2. The van der Waals surface area contributed by atoms with Gasteiger partial charge in [-0.1, -0.05) is 12.1 Å². The summed E-state index contributed by atoms with van der Waals surface area (Å²) < 4.78 is 26.4. The molecule has 0 radical (unpaired) electrons. The number of amides is 1. The summed E-state index contributed by atoms with van der Waals surface area (Å²) >= 11 is 1.45. The molecule has 0 fully saturated rings. The van der Waals surface area contributed by atoms with Gasteiger partial charge in [-0.05, 0) is 24.3 Å². The molecule has 2 aromatic heterocycles. The summed E-state index contributed by atoms with van der Waals surface area (Å²) in [4.78, 5) is 24.8. The summed E-state index contributed by atoms with van der Waals surface area (Å²) in [6.45, 7) is 0.0938. The molecule has 8 nitrogen and oxygen atoms in total. The first-order valence-electron chi connectivity index (χ1n) is 8.31. The van der Waals surface area contributed by atoms with Crippen LogP contribution in [0.1, 0.15) is 10.6 Å². The molecule has 0 spiro atoms. The summed E-state index contributed by atoms with van der Waals surface area (Å²) in [6.07, 6.45) is 3.40. The molecule has 2 N–H and O–H groups in total.